The van der Waals surface area contributed by atoms with Crippen molar-refractivity contribution in [1.29, 1.82) is 0 Å². The highest BCUT2D eigenvalue weighted by molar-refractivity contribution is 9.10. The maximum atomic E-state index is 6.57. The summed E-state index contributed by atoms with van der Waals surface area (Å²) in [5.41, 5.74) is 8.76. The summed E-state index contributed by atoms with van der Waals surface area (Å²) in [4.78, 5) is 0. The van der Waals surface area contributed by atoms with Crippen LogP contribution in [-0.4, -0.2) is 13.7 Å². The Hall–Kier alpha value is -0.740. The van der Waals surface area contributed by atoms with Gasteiger partial charge in [0.2, 0.25) is 0 Å². The summed E-state index contributed by atoms with van der Waals surface area (Å²) in [6.45, 7) is 0.727. The molecule has 18 heavy (non-hydrogen) atoms. The molecule has 2 N–H and O–H groups in total. The molecule has 0 saturated heterocycles. The fourth-order valence-electron chi connectivity index (χ4n) is 3.10. The number of hydrogen-bond acceptors (Lipinski definition) is 3. The van der Waals surface area contributed by atoms with Crippen LogP contribution in [0.15, 0.2) is 10.5 Å². The summed E-state index contributed by atoms with van der Waals surface area (Å²) in [5, 5.41) is 0. The third-order valence-corrected chi connectivity index (χ3v) is 5.03. The van der Waals surface area contributed by atoms with Crippen molar-refractivity contribution in [3.63, 3.8) is 0 Å². The fraction of sp³-hybridized carbons (Fsp3) is 0.571. The van der Waals surface area contributed by atoms with Gasteiger partial charge in [-0.05, 0) is 24.5 Å². The lowest BCUT2D eigenvalue weighted by Crippen LogP contribution is -2.33. The van der Waals surface area contributed by atoms with Crippen molar-refractivity contribution >= 4 is 15.9 Å². The number of fused-ring (bicyclic) bond motifs is 1. The van der Waals surface area contributed by atoms with E-state index < -0.39 is 0 Å². The van der Waals surface area contributed by atoms with Crippen LogP contribution in [0.4, 0.5) is 0 Å². The second-order valence-corrected chi connectivity index (χ2v) is 6.00. The minimum Gasteiger partial charge on any atom is -0.493 e. The Bertz CT molecular complexity index is 481. The highest BCUT2D eigenvalue weighted by atomic mass is 79.9. The zero-order chi connectivity index (χ0) is 12.8. The average Bonchev–Trinajstić information content (AvgIpc) is 2.99. The molecule has 0 unspecified atom stereocenters. The zero-order valence-electron chi connectivity index (χ0n) is 10.6. The standard InChI is InChI=1S/C14H18BrNO2/c1-17-11-8-10(14(16)5-2-3-6-14)12(15)9-4-7-18-13(9)11/h8H,2-7,16H2,1H3. The van der Waals surface area contributed by atoms with Gasteiger partial charge in [-0.25, -0.2) is 0 Å². The maximum Gasteiger partial charge on any atom is 0.165 e. The minimum atomic E-state index is -0.205. The Morgan fingerprint density at radius 1 is 1.39 bits per heavy atom. The molecule has 98 valence electrons. The van der Waals surface area contributed by atoms with Crippen molar-refractivity contribution in [3.05, 3.63) is 21.7 Å². The van der Waals surface area contributed by atoms with Gasteiger partial charge in [0.1, 0.15) is 0 Å². The minimum absolute atomic E-state index is 0.205. The van der Waals surface area contributed by atoms with Crippen molar-refractivity contribution in [3.8, 4) is 11.5 Å². The van der Waals surface area contributed by atoms with E-state index in [2.05, 4.69) is 22.0 Å². The van der Waals surface area contributed by atoms with Gasteiger partial charge in [0.25, 0.3) is 0 Å². The van der Waals surface area contributed by atoms with Crippen LogP contribution in [0.5, 0.6) is 11.5 Å². The Labute approximate surface area is 116 Å². The molecule has 1 aliphatic heterocycles. The van der Waals surface area contributed by atoms with Crippen LogP contribution in [0.25, 0.3) is 0 Å². The molecule has 0 bridgehead atoms. The van der Waals surface area contributed by atoms with Gasteiger partial charge in [0, 0.05) is 22.0 Å². The first-order chi connectivity index (χ1) is 8.65. The first-order valence-electron chi connectivity index (χ1n) is 6.47. The summed E-state index contributed by atoms with van der Waals surface area (Å²) in [6, 6.07) is 2.06. The van der Waals surface area contributed by atoms with Gasteiger partial charge in [-0.1, -0.05) is 28.8 Å². The fourth-order valence-corrected chi connectivity index (χ4v) is 3.98. The van der Waals surface area contributed by atoms with Crippen molar-refractivity contribution in [2.45, 2.75) is 37.6 Å². The lowest BCUT2D eigenvalue weighted by molar-refractivity contribution is 0.325. The SMILES string of the molecule is COc1cc(C2(N)CCCC2)c(Br)c2c1OCC2. The molecule has 0 spiro atoms. The molecule has 3 nitrogen and oxygen atoms in total. The average molecular weight is 312 g/mol. The van der Waals surface area contributed by atoms with Crippen LogP contribution in [0.3, 0.4) is 0 Å². The second kappa shape index (κ2) is 4.42. The lowest BCUT2D eigenvalue weighted by Gasteiger charge is -2.27. The molecule has 1 aromatic carbocycles. The highest BCUT2D eigenvalue weighted by Gasteiger charge is 2.36. The third-order valence-electron chi connectivity index (χ3n) is 4.13. The molecule has 1 aromatic rings. The Balaban J connectivity index is 2.15. The van der Waals surface area contributed by atoms with Crippen LogP contribution < -0.4 is 15.2 Å². The molecule has 4 heteroatoms. The number of ether oxygens (including phenoxy) is 2. The topological polar surface area (TPSA) is 44.5 Å². The van der Waals surface area contributed by atoms with E-state index in [0.29, 0.717) is 0 Å². The smallest absolute Gasteiger partial charge is 0.165 e. The predicted octanol–water partition coefficient (Wildman–Crippen LogP) is 3.12. The van der Waals surface area contributed by atoms with E-state index in [1.807, 2.05) is 0 Å². The van der Waals surface area contributed by atoms with Crippen LogP contribution in [-0.2, 0) is 12.0 Å². The van der Waals surface area contributed by atoms with Gasteiger partial charge in [0.05, 0.1) is 13.7 Å². The molecule has 1 heterocycles. The summed E-state index contributed by atoms with van der Waals surface area (Å²) >= 11 is 3.73. The number of benzene rings is 1. The predicted molar refractivity (Wildman–Crippen MR) is 74.2 cm³/mol. The lowest BCUT2D eigenvalue weighted by atomic mass is 9.87. The second-order valence-electron chi connectivity index (χ2n) is 5.21. The Kier molecular flexibility index (Phi) is 3.02. The quantitative estimate of drug-likeness (QED) is 0.912. The normalized spacial score (nSPS) is 20.6. The molecule has 3 rings (SSSR count). The number of methoxy groups -OCH3 is 1. The molecular weight excluding hydrogens is 294 g/mol. The van der Waals surface area contributed by atoms with Crippen LogP contribution in [0, 0.1) is 0 Å². The summed E-state index contributed by atoms with van der Waals surface area (Å²) in [5.74, 6) is 1.70. The molecule has 0 aromatic heterocycles. The molecule has 0 atom stereocenters. The Morgan fingerprint density at radius 2 is 2.11 bits per heavy atom. The van der Waals surface area contributed by atoms with Crippen LogP contribution in [0.1, 0.15) is 36.8 Å². The molecule has 1 saturated carbocycles. The first-order valence-corrected chi connectivity index (χ1v) is 7.26. The van der Waals surface area contributed by atoms with Gasteiger partial charge in [0.15, 0.2) is 11.5 Å². The van der Waals surface area contributed by atoms with Crippen molar-refractivity contribution in [2.24, 2.45) is 5.73 Å². The van der Waals surface area contributed by atoms with Gasteiger partial charge in [-0.15, -0.1) is 0 Å². The van der Waals surface area contributed by atoms with E-state index in [1.54, 1.807) is 7.11 Å². The highest BCUT2D eigenvalue weighted by Crippen LogP contribution is 2.48. The molecule has 2 aliphatic rings. The largest absolute Gasteiger partial charge is 0.493 e. The summed E-state index contributed by atoms with van der Waals surface area (Å²) in [7, 11) is 1.69. The van der Waals surface area contributed by atoms with Crippen LogP contribution in [0.2, 0.25) is 0 Å². The van der Waals surface area contributed by atoms with Gasteiger partial charge in [-0.2, -0.15) is 0 Å². The van der Waals surface area contributed by atoms with Gasteiger partial charge >= 0.3 is 0 Å². The van der Waals surface area contributed by atoms with Crippen molar-refractivity contribution in [2.75, 3.05) is 13.7 Å². The molecule has 1 aliphatic carbocycles. The van der Waals surface area contributed by atoms with E-state index in [4.69, 9.17) is 15.2 Å². The Morgan fingerprint density at radius 3 is 2.78 bits per heavy atom. The van der Waals surface area contributed by atoms with E-state index in [-0.39, 0.29) is 5.54 Å². The van der Waals surface area contributed by atoms with E-state index >= 15 is 0 Å². The van der Waals surface area contributed by atoms with Crippen molar-refractivity contribution < 1.29 is 9.47 Å². The van der Waals surface area contributed by atoms with Crippen LogP contribution >= 0.6 is 15.9 Å². The molecule has 0 amide bonds. The molecular formula is C14H18BrNO2. The number of halogens is 1. The monoisotopic (exact) mass is 311 g/mol. The van der Waals surface area contributed by atoms with E-state index in [0.717, 1.165) is 41.8 Å². The van der Waals surface area contributed by atoms with E-state index in [1.165, 1.54) is 24.0 Å². The van der Waals surface area contributed by atoms with Gasteiger partial charge in [-0.3, -0.25) is 0 Å². The summed E-state index contributed by atoms with van der Waals surface area (Å²) in [6.07, 6.45) is 5.44. The molecule has 1 fully saturated rings. The maximum absolute atomic E-state index is 6.57. The first kappa shape index (κ1) is 12.3. The zero-order valence-corrected chi connectivity index (χ0v) is 12.2. The number of nitrogens with two attached hydrogens (primary N) is 1. The number of hydrogen-bond donors (Lipinski definition) is 1. The third kappa shape index (κ3) is 1.74. The molecule has 0 radical (unpaired) electrons. The summed E-state index contributed by atoms with van der Waals surface area (Å²) < 4.78 is 12.2. The van der Waals surface area contributed by atoms with Gasteiger partial charge < -0.3 is 15.2 Å². The number of rotatable bonds is 2. The van der Waals surface area contributed by atoms with E-state index in [9.17, 15) is 0 Å². The van der Waals surface area contributed by atoms with Crippen molar-refractivity contribution in [1.82, 2.24) is 0 Å².